The molecular formula is C12H23N3S. The quantitative estimate of drug-likeness (QED) is 0.687. The maximum Gasteiger partial charge on any atom is 0.109 e. The van der Waals surface area contributed by atoms with Gasteiger partial charge >= 0.3 is 0 Å². The van der Waals surface area contributed by atoms with Gasteiger partial charge < -0.3 is 10.6 Å². The van der Waals surface area contributed by atoms with Crippen molar-refractivity contribution in [2.75, 3.05) is 13.1 Å². The van der Waals surface area contributed by atoms with E-state index in [1.54, 1.807) is 11.3 Å². The molecule has 0 fully saturated rings. The van der Waals surface area contributed by atoms with Crippen molar-refractivity contribution in [3.8, 4) is 0 Å². The number of aromatic nitrogens is 1. The van der Waals surface area contributed by atoms with E-state index in [9.17, 15) is 0 Å². The first-order chi connectivity index (χ1) is 7.74. The summed E-state index contributed by atoms with van der Waals surface area (Å²) in [6.45, 7) is 8.69. The van der Waals surface area contributed by atoms with Crippen LogP contribution in [0.25, 0.3) is 0 Å². The fourth-order valence-corrected chi connectivity index (χ4v) is 2.37. The lowest BCUT2D eigenvalue weighted by Gasteiger charge is -2.14. The second kappa shape index (κ2) is 7.76. The van der Waals surface area contributed by atoms with Gasteiger partial charge in [0.2, 0.25) is 0 Å². The lowest BCUT2D eigenvalue weighted by atomic mass is 10.2. The Kier molecular flexibility index (Phi) is 6.61. The summed E-state index contributed by atoms with van der Waals surface area (Å²) in [5.41, 5.74) is 0. The first kappa shape index (κ1) is 13.6. The summed E-state index contributed by atoms with van der Waals surface area (Å²) in [4.78, 5) is 4.35. The third-order valence-electron chi connectivity index (χ3n) is 2.45. The summed E-state index contributed by atoms with van der Waals surface area (Å²) < 4.78 is 0. The minimum Gasteiger partial charge on any atom is -0.314 e. The smallest absolute Gasteiger partial charge is 0.109 e. The minimum absolute atomic E-state index is 0.430. The maximum absolute atomic E-state index is 4.35. The summed E-state index contributed by atoms with van der Waals surface area (Å²) in [6, 6.07) is 1.01. The van der Waals surface area contributed by atoms with E-state index < -0.39 is 0 Å². The Balaban J connectivity index is 2.15. The van der Waals surface area contributed by atoms with Gasteiger partial charge in [0.1, 0.15) is 5.01 Å². The zero-order valence-corrected chi connectivity index (χ0v) is 11.3. The third kappa shape index (κ3) is 5.05. The van der Waals surface area contributed by atoms with Gasteiger partial charge in [-0.15, -0.1) is 11.3 Å². The lowest BCUT2D eigenvalue weighted by molar-refractivity contribution is 0.487. The molecule has 2 N–H and O–H groups in total. The Morgan fingerprint density at radius 2 is 2.06 bits per heavy atom. The highest BCUT2D eigenvalue weighted by molar-refractivity contribution is 7.09. The average Bonchev–Trinajstić information content (AvgIpc) is 2.76. The first-order valence-corrected chi connectivity index (χ1v) is 6.98. The van der Waals surface area contributed by atoms with Gasteiger partial charge in [0, 0.05) is 17.6 Å². The summed E-state index contributed by atoms with van der Waals surface area (Å²) >= 11 is 1.74. The molecule has 0 amide bonds. The van der Waals surface area contributed by atoms with Crippen LogP contribution in [0.15, 0.2) is 11.6 Å². The molecule has 1 rings (SSSR count). The second-order valence-electron chi connectivity index (χ2n) is 4.25. The van der Waals surface area contributed by atoms with Crippen LogP contribution in [0.4, 0.5) is 0 Å². The van der Waals surface area contributed by atoms with Crippen molar-refractivity contribution in [3.63, 3.8) is 0 Å². The molecule has 0 aliphatic heterocycles. The van der Waals surface area contributed by atoms with E-state index in [4.69, 9.17) is 0 Å². The van der Waals surface area contributed by atoms with Crippen molar-refractivity contribution in [3.05, 3.63) is 16.6 Å². The van der Waals surface area contributed by atoms with Crippen LogP contribution in [0.1, 0.15) is 44.7 Å². The Labute approximate surface area is 103 Å². The SMILES string of the molecule is CCC(NCCCNC(C)C)c1nccs1. The van der Waals surface area contributed by atoms with Gasteiger partial charge in [-0.1, -0.05) is 20.8 Å². The molecule has 0 saturated heterocycles. The molecule has 0 spiro atoms. The molecule has 3 nitrogen and oxygen atoms in total. The van der Waals surface area contributed by atoms with E-state index in [-0.39, 0.29) is 0 Å². The summed E-state index contributed by atoms with van der Waals surface area (Å²) in [5.74, 6) is 0. The van der Waals surface area contributed by atoms with Crippen LogP contribution in [0.2, 0.25) is 0 Å². The Bertz CT molecular complexity index is 259. The van der Waals surface area contributed by atoms with Crippen LogP contribution in [0.5, 0.6) is 0 Å². The van der Waals surface area contributed by atoms with Gasteiger partial charge in [-0.25, -0.2) is 4.98 Å². The first-order valence-electron chi connectivity index (χ1n) is 6.10. The predicted molar refractivity (Wildman–Crippen MR) is 70.9 cm³/mol. The van der Waals surface area contributed by atoms with Gasteiger partial charge in [0.25, 0.3) is 0 Å². The third-order valence-corrected chi connectivity index (χ3v) is 3.34. The van der Waals surface area contributed by atoms with Crippen LogP contribution < -0.4 is 10.6 Å². The van der Waals surface area contributed by atoms with Crippen molar-refractivity contribution >= 4 is 11.3 Å². The minimum atomic E-state index is 0.430. The van der Waals surface area contributed by atoms with Crippen LogP contribution in [0.3, 0.4) is 0 Å². The fourth-order valence-electron chi connectivity index (χ4n) is 1.57. The molecule has 0 aliphatic rings. The summed E-state index contributed by atoms with van der Waals surface area (Å²) in [5, 5.41) is 10.2. The lowest BCUT2D eigenvalue weighted by Crippen LogP contribution is -2.28. The number of nitrogens with zero attached hydrogens (tertiary/aromatic N) is 1. The Hall–Kier alpha value is -0.450. The molecule has 1 aromatic rings. The largest absolute Gasteiger partial charge is 0.314 e. The van der Waals surface area contributed by atoms with Crippen molar-refractivity contribution < 1.29 is 0 Å². The van der Waals surface area contributed by atoms with Crippen molar-refractivity contribution in [1.29, 1.82) is 0 Å². The molecule has 0 aromatic carbocycles. The Morgan fingerprint density at radius 1 is 1.31 bits per heavy atom. The summed E-state index contributed by atoms with van der Waals surface area (Å²) in [7, 11) is 0. The van der Waals surface area contributed by atoms with E-state index in [2.05, 4.69) is 36.4 Å². The molecule has 1 aromatic heterocycles. The topological polar surface area (TPSA) is 37.0 Å². The van der Waals surface area contributed by atoms with Crippen LogP contribution in [0, 0.1) is 0 Å². The van der Waals surface area contributed by atoms with Gasteiger partial charge in [-0.3, -0.25) is 0 Å². The molecule has 1 unspecified atom stereocenters. The molecular weight excluding hydrogens is 218 g/mol. The van der Waals surface area contributed by atoms with Crippen molar-refractivity contribution in [2.24, 2.45) is 0 Å². The standard InChI is InChI=1S/C12H23N3S/c1-4-11(12-15-8-9-16-12)14-7-5-6-13-10(2)3/h8-11,13-14H,4-7H2,1-3H3. The monoisotopic (exact) mass is 241 g/mol. The molecule has 0 radical (unpaired) electrons. The van der Waals surface area contributed by atoms with E-state index in [1.165, 1.54) is 11.4 Å². The highest BCUT2D eigenvalue weighted by Gasteiger charge is 2.09. The van der Waals surface area contributed by atoms with Gasteiger partial charge in [-0.05, 0) is 25.9 Å². The van der Waals surface area contributed by atoms with E-state index in [0.717, 1.165) is 19.5 Å². The van der Waals surface area contributed by atoms with Crippen LogP contribution in [-0.2, 0) is 0 Å². The second-order valence-corrected chi connectivity index (χ2v) is 5.17. The van der Waals surface area contributed by atoms with Gasteiger partial charge in [0.05, 0.1) is 6.04 Å². The van der Waals surface area contributed by atoms with Crippen molar-refractivity contribution in [2.45, 2.75) is 45.7 Å². The molecule has 0 bridgehead atoms. The summed E-state index contributed by atoms with van der Waals surface area (Å²) in [6.07, 6.45) is 4.15. The van der Waals surface area contributed by atoms with Gasteiger partial charge in [0.15, 0.2) is 0 Å². The maximum atomic E-state index is 4.35. The highest BCUT2D eigenvalue weighted by Crippen LogP contribution is 2.18. The van der Waals surface area contributed by atoms with Crippen molar-refractivity contribution in [1.82, 2.24) is 15.6 Å². The van der Waals surface area contributed by atoms with Crippen LogP contribution in [-0.4, -0.2) is 24.1 Å². The molecule has 1 atom stereocenters. The van der Waals surface area contributed by atoms with Crippen LogP contribution >= 0.6 is 11.3 Å². The zero-order valence-electron chi connectivity index (χ0n) is 10.5. The average molecular weight is 241 g/mol. The fraction of sp³-hybridized carbons (Fsp3) is 0.750. The predicted octanol–water partition coefficient (Wildman–Crippen LogP) is 2.57. The zero-order chi connectivity index (χ0) is 11.8. The molecule has 92 valence electrons. The van der Waals surface area contributed by atoms with Gasteiger partial charge in [-0.2, -0.15) is 0 Å². The van der Waals surface area contributed by atoms with E-state index in [0.29, 0.717) is 12.1 Å². The normalized spacial score (nSPS) is 13.2. The number of thiazole rings is 1. The number of rotatable bonds is 8. The Morgan fingerprint density at radius 3 is 2.62 bits per heavy atom. The molecule has 0 aliphatic carbocycles. The highest BCUT2D eigenvalue weighted by atomic mass is 32.1. The molecule has 1 heterocycles. The number of hydrogen-bond acceptors (Lipinski definition) is 4. The molecule has 0 saturated carbocycles. The number of nitrogens with one attached hydrogen (secondary N) is 2. The van der Waals surface area contributed by atoms with E-state index in [1.807, 2.05) is 11.6 Å². The van der Waals surface area contributed by atoms with E-state index >= 15 is 0 Å². The molecule has 4 heteroatoms. The molecule has 16 heavy (non-hydrogen) atoms. The number of hydrogen-bond donors (Lipinski definition) is 2.